The number of ether oxygens (including phenoxy) is 1. The highest BCUT2D eigenvalue weighted by Crippen LogP contribution is 2.22. The second kappa shape index (κ2) is 10.3. The molecule has 0 spiro atoms. The van der Waals surface area contributed by atoms with E-state index in [4.69, 9.17) is 9.72 Å². The van der Waals surface area contributed by atoms with E-state index in [1.165, 1.54) is 5.56 Å². The van der Waals surface area contributed by atoms with Gasteiger partial charge in [0.15, 0.2) is 0 Å². The number of carbonyl (C=O) groups is 1. The highest BCUT2D eigenvalue weighted by Gasteiger charge is 2.19. The molecule has 1 unspecified atom stereocenters. The molecular formula is C28H31N3O2. The van der Waals surface area contributed by atoms with Crippen LogP contribution in [0.1, 0.15) is 53.6 Å². The second-order valence-corrected chi connectivity index (χ2v) is 8.37. The number of hydrogen-bond donors (Lipinski definition) is 1. The molecule has 170 valence electrons. The van der Waals surface area contributed by atoms with Crippen LogP contribution in [0.2, 0.25) is 0 Å². The van der Waals surface area contributed by atoms with Crippen LogP contribution in [-0.4, -0.2) is 22.1 Å². The summed E-state index contributed by atoms with van der Waals surface area (Å²) in [7, 11) is 0. The number of rotatable bonds is 9. The molecule has 33 heavy (non-hydrogen) atoms. The number of nitrogens with one attached hydrogen (secondary N) is 1. The van der Waals surface area contributed by atoms with Gasteiger partial charge in [0, 0.05) is 12.1 Å². The lowest BCUT2D eigenvalue weighted by Gasteiger charge is -2.17. The second-order valence-electron chi connectivity index (χ2n) is 8.37. The average Bonchev–Trinajstić information content (AvgIpc) is 3.21. The normalized spacial score (nSPS) is 12.0. The van der Waals surface area contributed by atoms with Crippen molar-refractivity contribution in [1.29, 1.82) is 0 Å². The molecule has 0 aliphatic heterocycles. The van der Waals surface area contributed by atoms with E-state index >= 15 is 0 Å². The summed E-state index contributed by atoms with van der Waals surface area (Å²) in [5.74, 6) is 1.64. The van der Waals surface area contributed by atoms with Gasteiger partial charge in [0.1, 0.15) is 11.6 Å². The highest BCUT2D eigenvalue weighted by atomic mass is 16.5. The zero-order chi connectivity index (χ0) is 23.2. The Labute approximate surface area is 195 Å². The van der Waals surface area contributed by atoms with Crippen LogP contribution in [0.3, 0.4) is 0 Å². The summed E-state index contributed by atoms with van der Waals surface area (Å²) in [6.07, 6.45) is 1.86. The van der Waals surface area contributed by atoms with E-state index in [9.17, 15) is 4.79 Å². The number of carbonyl (C=O) groups excluding carboxylic acids is 1. The minimum absolute atomic E-state index is 0.0973. The maximum atomic E-state index is 12.8. The first-order valence-corrected chi connectivity index (χ1v) is 11.6. The lowest BCUT2D eigenvalue weighted by atomic mass is 10.1. The molecule has 0 fully saturated rings. The Balaban J connectivity index is 1.45. The number of aromatic nitrogens is 2. The van der Waals surface area contributed by atoms with Crippen LogP contribution >= 0.6 is 0 Å². The summed E-state index contributed by atoms with van der Waals surface area (Å²) in [5, 5.41) is 3.11. The lowest BCUT2D eigenvalue weighted by molar-refractivity contribution is 0.0937. The first kappa shape index (κ1) is 22.6. The molecule has 0 saturated carbocycles. The molecular weight excluding hydrogens is 410 g/mol. The zero-order valence-electron chi connectivity index (χ0n) is 19.5. The van der Waals surface area contributed by atoms with Crippen molar-refractivity contribution in [3.05, 3.63) is 95.3 Å². The molecule has 1 aromatic heterocycles. The zero-order valence-corrected chi connectivity index (χ0v) is 19.5. The fourth-order valence-electron chi connectivity index (χ4n) is 3.94. The van der Waals surface area contributed by atoms with Gasteiger partial charge in [0.05, 0.1) is 23.7 Å². The van der Waals surface area contributed by atoms with Crippen LogP contribution in [-0.2, 0) is 13.0 Å². The van der Waals surface area contributed by atoms with E-state index < -0.39 is 0 Å². The summed E-state index contributed by atoms with van der Waals surface area (Å²) in [6, 6.07) is 23.7. The fourth-order valence-corrected chi connectivity index (χ4v) is 3.94. The van der Waals surface area contributed by atoms with Crippen LogP contribution in [0.15, 0.2) is 72.8 Å². The molecule has 5 nitrogen and oxygen atoms in total. The average molecular weight is 442 g/mol. The molecule has 0 aliphatic rings. The number of fused-ring (bicyclic) bond motifs is 1. The Bertz CT molecular complexity index is 1210. The topological polar surface area (TPSA) is 56.1 Å². The molecule has 5 heteroatoms. The van der Waals surface area contributed by atoms with Gasteiger partial charge in [0.25, 0.3) is 5.91 Å². The SMILES string of the molecule is CCc1ccc(OCCCn2c(C(C)NC(=O)c3ccc(C)cc3)nc3ccccc32)cc1. The molecule has 1 heterocycles. The van der Waals surface area contributed by atoms with Crippen LogP contribution in [0.4, 0.5) is 0 Å². The molecule has 0 saturated heterocycles. The third-order valence-electron chi connectivity index (χ3n) is 5.86. The van der Waals surface area contributed by atoms with Crippen molar-refractivity contribution in [2.45, 2.75) is 46.2 Å². The molecule has 4 rings (SSSR count). The van der Waals surface area contributed by atoms with Gasteiger partial charge in [-0.3, -0.25) is 4.79 Å². The van der Waals surface area contributed by atoms with Crippen molar-refractivity contribution >= 4 is 16.9 Å². The van der Waals surface area contributed by atoms with Gasteiger partial charge >= 0.3 is 0 Å². The maximum Gasteiger partial charge on any atom is 0.251 e. The number of benzene rings is 3. The number of amides is 1. The maximum absolute atomic E-state index is 12.8. The number of hydrogen-bond acceptors (Lipinski definition) is 3. The summed E-state index contributed by atoms with van der Waals surface area (Å²) >= 11 is 0. The molecule has 1 amide bonds. The number of imidazole rings is 1. The monoisotopic (exact) mass is 441 g/mol. The predicted octanol–water partition coefficient (Wildman–Crippen LogP) is 5.87. The van der Waals surface area contributed by atoms with E-state index in [1.807, 2.05) is 68.4 Å². The first-order valence-electron chi connectivity index (χ1n) is 11.6. The Morgan fingerprint density at radius 1 is 1.03 bits per heavy atom. The lowest BCUT2D eigenvalue weighted by Crippen LogP contribution is -2.28. The predicted molar refractivity (Wildman–Crippen MR) is 133 cm³/mol. The van der Waals surface area contributed by atoms with E-state index in [0.717, 1.165) is 47.6 Å². The van der Waals surface area contributed by atoms with Gasteiger partial charge in [0.2, 0.25) is 0 Å². The Kier molecular flexibility index (Phi) is 7.08. The largest absolute Gasteiger partial charge is 0.494 e. The van der Waals surface area contributed by atoms with E-state index in [2.05, 4.69) is 35.0 Å². The standard InChI is InChI=1S/C28H31N3O2/c1-4-22-12-16-24(17-13-22)33-19-7-18-31-26-9-6-5-8-25(26)30-27(31)21(3)29-28(32)23-14-10-20(2)11-15-23/h5-6,8-17,21H,4,7,18-19H2,1-3H3,(H,29,32). The third-order valence-corrected chi connectivity index (χ3v) is 5.86. The number of nitrogens with zero attached hydrogens (tertiary/aromatic N) is 2. The highest BCUT2D eigenvalue weighted by molar-refractivity contribution is 5.94. The number of aryl methyl sites for hydroxylation is 3. The molecule has 0 aliphatic carbocycles. The smallest absolute Gasteiger partial charge is 0.251 e. The van der Waals surface area contributed by atoms with Crippen molar-refractivity contribution in [1.82, 2.24) is 14.9 Å². The van der Waals surface area contributed by atoms with Gasteiger partial charge in [-0.05, 0) is 68.7 Å². The van der Waals surface area contributed by atoms with Gasteiger partial charge in [-0.15, -0.1) is 0 Å². The quantitative estimate of drug-likeness (QED) is 0.331. The van der Waals surface area contributed by atoms with Gasteiger partial charge in [-0.1, -0.05) is 48.9 Å². The minimum Gasteiger partial charge on any atom is -0.494 e. The van der Waals surface area contributed by atoms with Crippen molar-refractivity contribution in [3.8, 4) is 5.75 Å². The summed E-state index contributed by atoms with van der Waals surface area (Å²) in [4.78, 5) is 17.6. The summed E-state index contributed by atoms with van der Waals surface area (Å²) in [6.45, 7) is 7.51. The van der Waals surface area contributed by atoms with Gasteiger partial charge in [-0.2, -0.15) is 0 Å². The Morgan fingerprint density at radius 2 is 1.76 bits per heavy atom. The van der Waals surface area contributed by atoms with Crippen molar-refractivity contribution in [2.24, 2.45) is 0 Å². The minimum atomic E-state index is -0.228. The van der Waals surface area contributed by atoms with Crippen molar-refractivity contribution < 1.29 is 9.53 Å². The number of para-hydroxylation sites is 2. The summed E-state index contributed by atoms with van der Waals surface area (Å²) < 4.78 is 8.14. The molecule has 0 bridgehead atoms. The van der Waals surface area contributed by atoms with Crippen molar-refractivity contribution in [3.63, 3.8) is 0 Å². The van der Waals surface area contributed by atoms with E-state index in [1.54, 1.807) is 0 Å². The fraction of sp³-hybridized carbons (Fsp3) is 0.286. The van der Waals surface area contributed by atoms with E-state index in [0.29, 0.717) is 12.2 Å². The van der Waals surface area contributed by atoms with Crippen LogP contribution in [0.25, 0.3) is 11.0 Å². The third kappa shape index (κ3) is 5.43. The molecule has 4 aromatic rings. The molecule has 3 aromatic carbocycles. The van der Waals surface area contributed by atoms with Crippen LogP contribution in [0.5, 0.6) is 5.75 Å². The van der Waals surface area contributed by atoms with Crippen LogP contribution in [0, 0.1) is 6.92 Å². The summed E-state index contributed by atoms with van der Waals surface area (Å²) in [5.41, 5.74) is 5.08. The Morgan fingerprint density at radius 3 is 2.48 bits per heavy atom. The first-order chi connectivity index (χ1) is 16.0. The molecule has 1 N–H and O–H groups in total. The van der Waals surface area contributed by atoms with Gasteiger partial charge in [-0.25, -0.2) is 4.98 Å². The molecule has 1 atom stereocenters. The van der Waals surface area contributed by atoms with E-state index in [-0.39, 0.29) is 11.9 Å². The van der Waals surface area contributed by atoms with Gasteiger partial charge < -0.3 is 14.6 Å². The Hall–Kier alpha value is -3.60. The van der Waals surface area contributed by atoms with Crippen molar-refractivity contribution in [2.75, 3.05) is 6.61 Å². The van der Waals surface area contributed by atoms with Crippen LogP contribution < -0.4 is 10.1 Å². The molecule has 0 radical (unpaired) electrons.